The number of amides is 1. The van der Waals surface area contributed by atoms with Gasteiger partial charge in [0.15, 0.2) is 10.8 Å². The monoisotopic (exact) mass is 285 g/mol. The van der Waals surface area contributed by atoms with Crippen molar-refractivity contribution in [3.05, 3.63) is 11.1 Å². The molecule has 0 spiro atoms. The highest BCUT2D eigenvalue weighted by Gasteiger charge is 2.16. The molecular formula is C11H15N3O4S. The summed E-state index contributed by atoms with van der Waals surface area (Å²) >= 11 is 1.22. The number of aromatic carboxylic acids is 1. The predicted molar refractivity (Wildman–Crippen MR) is 69.6 cm³/mol. The van der Waals surface area contributed by atoms with Gasteiger partial charge in [0.1, 0.15) is 0 Å². The van der Waals surface area contributed by atoms with Crippen LogP contribution < -0.4 is 5.32 Å². The van der Waals surface area contributed by atoms with Gasteiger partial charge in [-0.25, -0.2) is 9.78 Å². The number of thiazole rings is 1. The fourth-order valence-corrected chi connectivity index (χ4v) is 2.41. The van der Waals surface area contributed by atoms with Crippen LogP contribution in [0.4, 0.5) is 5.13 Å². The molecular weight excluding hydrogens is 270 g/mol. The summed E-state index contributed by atoms with van der Waals surface area (Å²) in [4.78, 5) is 28.1. The molecule has 1 aromatic heterocycles. The summed E-state index contributed by atoms with van der Waals surface area (Å²) in [6.45, 7) is 2.91. The van der Waals surface area contributed by atoms with E-state index in [2.05, 4.69) is 10.3 Å². The van der Waals surface area contributed by atoms with Crippen LogP contribution >= 0.6 is 11.3 Å². The van der Waals surface area contributed by atoms with Gasteiger partial charge >= 0.3 is 5.97 Å². The average Bonchev–Trinajstić information content (AvgIpc) is 2.89. The molecule has 7 nitrogen and oxygen atoms in total. The van der Waals surface area contributed by atoms with E-state index in [4.69, 9.17) is 9.84 Å². The summed E-state index contributed by atoms with van der Waals surface area (Å²) in [7, 11) is 0. The fraction of sp³-hybridized carbons (Fsp3) is 0.545. The Balaban J connectivity index is 1.73. The highest BCUT2D eigenvalue weighted by molar-refractivity contribution is 7.13. The van der Waals surface area contributed by atoms with Gasteiger partial charge in [0.05, 0.1) is 13.2 Å². The number of aromatic nitrogens is 1. The van der Waals surface area contributed by atoms with E-state index in [9.17, 15) is 9.59 Å². The standard InChI is InChI=1S/C11H15N3O4S/c15-9(14-3-5-18-6-4-14)1-2-12-11-13-8(7-19-11)10(16)17/h7H,1-6H2,(H,12,13)(H,16,17). The number of carbonyl (C=O) groups excluding carboxylic acids is 1. The normalized spacial score (nSPS) is 15.3. The van der Waals surface area contributed by atoms with Crippen LogP contribution in [0.25, 0.3) is 0 Å². The van der Waals surface area contributed by atoms with Gasteiger partial charge in [-0.05, 0) is 0 Å². The molecule has 1 fully saturated rings. The predicted octanol–water partition coefficient (Wildman–Crippen LogP) is 0.502. The van der Waals surface area contributed by atoms with Crippen LogP contribution in [0.5, 0.6) is 0 Å². The Morgan fingerprint density at radius 3 is 2.84 bits per heavy atom. The van der Waals surface area contributed by atoms with Gasteiger partial charge in [-0.15, -0.1) is 11.3 Å². The molecule has 0 aliphatic carbocycles. The molecule has 0 saturated carbocycles. The summed E-state index contributed by atoms with van der Waals surface area (Å²) < 4.78 is 5.18. The van der Waals surface area contributed by atoms with Crippen molar-refractivity contribution in [2.45, 2.75) is 6.42 Å². The van der Waals surface area contributed by atoms with Crippen LogP contribution in [-0.2, 0) is 9.53 Å². The van der Waals surface area contributed by atoms with E-state index in [1.165, 1.54) is 16.7 Å². The Hall–Kier alpha value is -1.67. The van der Waals surface area contributed by atoms with Crippen LogP contribution in [0.15, 0.2) is 5.38 Å². The van der Waals surface area contributed by atoms with E-state index in [1.54, 1.807) is 4.90 Å². The van der Waals surface area contributed by atoms with Crippen LogP contribution in [-0.4, -0.2) is 59.7 Å². The summed E-state index contributed by atoms with van der Waals surface area (Å²) in [5.74, 6) is -0.973. The second kappa shape index (κ2) is 6.48. The molecule has 104 valence electrons. The first-order chi connectivity index (χ1) is 9.16. The zero-order chi connectivity index (χ0) is 13.7. The van der Waals surface area contributed by atoms with Crippen molar-refractivity contribution in [3.8, 4) is 0 Å². The van der Waals surface area contributed by atoms with E-state index in [-0.39, 0.29) is 11.6 Å². The van der Waals surface area contributed by atoms with E-state index in [1.807, 2.05) is 0 Å². The van der Waals surface area contributed by atoms with Gasteiger partial charge in [0, 0.05) is 31.4 Å². The number of rotatable bonds is 5. The smallest absolute Gasteiger partial charge is 0.355 e. The van der Waals surface area contributed by atoms with Gasteiger partial charge in [0.25, 0.3) is 0 Å². The number of carbonyl (C=O) groups is 2. The van der Waals surface area contributed by atoms with E-state index in [0.29, 0.717) is 44.4 Å². The number of nitrogens with zero attached hydrogens (tertiary/aromatic N) is 2. The van der Waals surface area contributed by atoms with Gasteiger partial charge < -0.3 is 20.1 Å². The lowest BCUT2D eigenvalue weighted by molar-refractivity contribution is -0.134. The van der Waals surface area contributed by atoms with Crippen molar-refractivity contribution < 1.29 is 19.4 Å². The third-order valence-electron chi connectivity index (χ3n) is 2.70. The Morgan fingerprint density at radius 1 is 1.47 bits per heavy atom. The van der Waals surface area contributed by atoms with Crippen molar-refractivity contribution >= 4 is 28.3 Å². The van der Waals surface area contributed by atoms with E-state index < -0.39 is 5.97 Å². The first-order valence-corrected chi connectivity index (χ1v) is 6.83. The van der Waals surface area contributed by atoms with Crippen LogP contribution in [0, 0.1) is 0 Å². The molecule has 0 bridgehead atoms. The van der Waals surface area contributed by atoms with Crippen molar-refractivity contribution in [2.75, 3.05) is 38.2 Å². The molecule has 2 N–H and O–H groups in total. The maximum atomic E-state index is 11.8. The van der Waals surface area contributed by atoms with E-state index >= 15 is 0 Å². The first-order valence-electron chi connectivity index (χ1n) is 5.95. The summed E-state index contributed by atoms with van der Waals surface area (Å²) in [5, 5.41) is 13.7. The van der Waals surface area contributed by atoms with Gasteiger partial charge in [-0.1, -0.05) is 0 Å². The average molecular weight is 285 g/mol. The Morgan fingerprint density at radius 2 is 2.21 bits per heavy atom. The molecule has 2 rings (SSSR count). The Kier molecular flexibility index (Phi) is 4.69. The number of ether oxygens (including phenoxy) is 1. The van der Waals surface area contributed by atoms with Crippen molar-refractivity contribution in [1.29, 1.82) is 0 Å². The minimum atomic E-state index is -1.05. The number of carboxylic acids is 1. The highest BCUT2D eigenvalue weighted by Crippen LogP contribution is 2.15. The number of carboxylic acid groups (broad SMARTS) is 1. The molecule has 1 saturated heterocycles. The SMILES string of the molecule is O=C(O)c1csc(NCCC(=O)N2CCOCC2)n1. The summed E-state index contributed by atoms with van der Waals surface area (Å²) in [6, 6.07) is 0. The maximum absolute atomic E-state index is 11.8. The molecule has 19 heavy (non-hydrogen) atoms. The quantitative estimate of drug-likeness (QED) is 0.818. The van der Waals surface area contributed by atoms with E-state index in [0.717, 1.165) is 0 Å². The zero-order valence-corrected chi connectivity index (χ0v) is 11.1. The molecule has 0 aromatic carbocycles. The molecule has 1 aliphatic rings. The lowest BCUT2D eigenvalue weighted by Gasteiger charge is -2.26. The molecule has 2 heterocycles. The largest absolute Gasteiger partial charge is 0.476 e. The zero-order valence-electron chi connectivity index (χ0n) is 10.3. The van der Waals surface area contributed by atoms with Gasteiger partial charge in [-0.2, -0.15) is 0 Å². The van der Waals surface area contributed by atoms with Crippen molar-refractivity contribution in [1.82, 2.24) is 9.88 Å². The lowest BCUT2D eigenvalue weighted by atomic mass is 10.3. The lowest BCUT2D eigenvalue weighted by Crippen LogP contribution is -2.41. The molecule has 0 atom stereocenters. The van der Waals surface area contributed by atoms with Crippen molar-refractivity contribution in [3.63, 3.8) is 0 Å². The number of morpholine rings is 1. The van der Waals surface area contributed by atoms with Crippen LogP contribution in [0.2, 0.25) is 0 Å². The number of anilines is 1. The molecule has 1 amide bonds. The van der Waals surface area contributed by atoms with Crippen LogP contribution in [0.3, 0.4) is 0 Å². The minimum absolute atomic E-state index is 0.0204. The third kappa shape index (κ3) is 3.90. The van der Waals surface area contributed by atoms with Gasteiger partial charge in [-0.3, -0.25) is 4.79 Å². The molecule has 0 unspecified atom stereocenters. The third-order valence-corrected chi connectivity index (χ3v) is 3.50. The van der Waals surface area contributed by atoms with Gasteiger partial charge in [0.2, 0.25) is 5.91 Å². The maximum Gasteiger partial charge on any atom is 0.355 e. The Bertz CT molecular complexity index is 457. The molecule has 0 radical (unpaired) electrons. The number of nitrogens with one attached hydrogen (secondary N) is 1. The Labute approximate surface area is 114 Å². The summed E-state index contributed by atoms with van der Waals surface area (Å²) in [6.07, 6.45) is 0.363. The second-order valence-electron chi connectivity index (χ2n) is 4.01. The minimum Gasteiger partial charge on any atom is -0.476 e. The second-order valence-corrected chi connectivity index (χ2v) is 4.87. The summed E-state index contributed by atoms with van der Waals surface area (Å²) in [5.41, 5.74) is 0.0204. The van der Waals surface area contributed by atoms with Crippen LogP contribution in [0.1, 0.15) is 16.9 Å². The molecule has 1 aromatic rings. The van der Waals surface area contributed by atoms with Crippen molar-refractivity contribution in [2.24, 2.45) is 0 Å². The topological polar surface area (TPSA) is 91.8 Å². The number of hydrogen-bond donors (Lipinski definition) is 2. The molecule has 8 heteroatoms. The highest BCUT2D eigenvalue weighted by atomic mass is 32.1. The fourth-order valence-electron chi connectivity index (χ4n) is 1.70. The molecule has 1 aliphatic heterocycles. The first kappa shape index (κ1) is 13.8. The number of hydrogen-bond acceptors (Lipinski definition) is 6.